The van der Waals surface area contributed by atoms with Crippen LogP contribution in [0.1, 0.15) is 15.9 Å². The van der Waals surface area contributed by atoms with Crippen molar-refractivity contribution >= 4 is 23.0 Å². The largest absolute Gasteiger partial charge is 0.508 e. The molecule has 2 rings (SSSR count). The molecular formula is C14H11N3O6. The van der Waals surface area contributed by atoms with Crippen molar-refractivity contribution in [3.8, 4) is 5.75 Å². The van der Waals surface area contributed by atoms with E-state index in [2.05, 4.69) is 5.32 Å². The summed E-state index contributed by atoms with van der Waals surface area (Å²) >= 11 is 0. The van der Waals surface area contributed by atoms with E-state index in [1.54, 1.807) is 6.92 Å². The number of nitrogens with one attached hydrogen (secondary N) is 1. The summed E-state index contributed by atoms with van der Waals surface area (Å²) in [5.74, 6) is -0.735. The van der Waals surface area contributed by atoms with E-state index < -0.39 is 27.1 Å². The lowest BCUT2D eigenvalue weighted by Crippen LogP contribution is -2.14. The van der Waals surface area contributed by atoms with Gasteiger partial charge < -0.3 is 10.4 Å². The fourth-order valence-corrected chi connectivity index (χ4v) is 1.91. The Morgan fingerprint density at radius 3 is 2.35 bits per heavy atom. The van der Waals surface area contributed by atoms with Gasteiger partial charge in [-0.1, -0.05) is 0 Å². The monoisotopic (exact) mass is 317 g/mol. The molecule has 0 unspecified atom stereocenters. The molecule has 0 aliphatic rings. The number of aromatic hydroxyl groups is 1. The van der Waals surface area contributed by atoms with Gasteiger partial charge in [-0.05, 0) is 36.8 Å². The summed E-state index contributed by atoms with van der Waals surface area (Å²) in [5, 5.41) is 33.6. The maximum absolute atomic E-state index is 12.2. The van der Waals surface area contributed by atoms with Gasteiger partial charge >= 0.3 is 0 Å². The third-order valence-corrected chi connectivity index (χ3v) is 3.09. The maximum Gasteiger partial charge on any atom is 0.289 e. The molecule has 0 saturated carbocycles. The molecule has 118 valence electrons. The summed E-state index contributed by atoms with van der Waals surface area (Å²) in [4.78, 5) is 32.2. The van der Waals surface area contributed by atoms with Crippen molar-refractivity contribution in [2.75, 3.05) is 5.32 Å². The summed E-state index contributed by atoms with van der Waals surface area (Å²) in [6.45, 7) is 1.62. The van der Waals surface area contributed by atoms with Crippen LogP contribution in [0.15, 0.2) is 36.4 Å². The zero-order chi connectivity index (χ0) is 17.1. The molecule has 0 bridgehead atoms. The van der Waals surface area contributed by atoms with Gasteiger partial charge in [0.2, 0.25) is 0 Å². The van der Waals surface area contributed by atoms with Crippen molar-refractivity contribution in [3.05, 3.63) is 67.8 Å². The van der Waals surface area contributed by atoms with E-state index in [0.717, 1.165) is 18.2 Å². The molecule has 0 aromatic heterocycles. The lowest BCUT2D eigenvalue weighted by Gasteiger charge is -2.07. The van der Waals surface area contributed by atoms with Crippen LogP contribution in [0.25, 0.3) is 0 Å². The second-order valence-corrected chi connectivity index (χ2v) is 4.67. The van der Waals surface area contributed by atoms with Gasteiger partial charge in [0.05, 0.1) is 15.9 Å². The quantitative estimate of drug-likeness (QED) is 0.505. The van der Waals surface area contributed by atoms with Gasteiger partial charge in [-0.15, -0.1) is 0 Å². The number of benzene rings is 2. The number of phenols is 1. The molecule has 0 fully saturated rings. The first-order chi connectivity index (χ1) is 10.8. The van der Waals surface area contributed by atoms with Gasteiger partial charge in [0, 0.05) is 11.8 Å². The molecule has 23 heavy (non-hydrogen) atoms. The van der Waals surface area contributed by atoms with Crippen molar-refractivity contribution < 1.29 is 19.7 Å². The lowest BCUT2D eigenvalue weighted by molar-refractivity contribution is -0.394. The predicted octanol–water partition coefficient (Wildman–Crippen LogP) is 2.77. The molecule has 0 radical (unpaired) electrons. The molecule has 2 aromatic carbocycles. The summed E-state index contributed by atoms with van der Waals surface area (Å²) in [5.41, 5.74) is -0.591. The second-order valence-electron chi connectivity index (χ2n) is 4.67. The van der Waals surface area contributed by atoms with Crippen molar-refractivity contribution in [3.63, 3.8) is 0 Å². The minimum Gasteiger partial charge on any atom is -0.508 e. The Kier molecular flexibility index (Phi) is 4.21. The number of phenolic OH excluding ortho intramolecular Hbond substituents is 1. The number of hydrogen-bond acceptors (Lipinski definition) is 6. The average molecular weight is 317 g/mol. The van der Waals surface area contributed by atoms with Crippen LogP contribution in [-0.4, -0.2) is 20.9 Å². The molecule has 9 nitrogen and oxygen atoms in total. The number of anilines is 1. The molecule has 2 N–H and O–H groups in total. The van der Waals surface area contributed by atoms with Gasteiger partial charge in [-0.25, -0.2) is 0 Å². The van der Waals surface area contributed by atoms with Crippen molar-refractivity contribution in [1.29, 1.82) is 0 Å². The molecule has 0 heterocycles. The smallest absolute Gasteiger partial charge is 0.289 e. The highest BCUT2D eigenvalue weighted by atomic mass is 16.6. The van der Waals surface area contributed by atoms with E-state index in [1.165, 1.54) is 18.2 Å². The van der Waals surface area contributed by atoms with Gasteiger partial charge in [-0.2, -0.15) is 0 Å². The Morgan fingerprint density at radius 1 is 1.09 bits per heavy atom. The van der Waals surface area contributed by atoms with Crippen LogP contribution in [-0.2, 0) is 0 Å². The van der Waals surface area contributed by atoms with Gasteiger partial charge in [0.15, 0.2) is 0 Å². The first-order valence-electron chi connectivity index (χ1n) is 6.33. The van der Waals surface area contributed by atoms with Gasteiger partial charge in [-0.3, -0.25) is 25.0 Å². The number of carbonyl (C=O) groups excluding carboxylic acids is 1. The molecule has 1 amide bonds. The minimum absolute atomic E-state index is 0.0457. The topological polar surface area (TPSA) is 136 Å². The molecule has 0 atom stereocenters. The third-order valence-electron chi connectivity index (χ3n) is 3.09. The fraction of sp³-hybridized carbons (Fsp3) is 0.0714. The molecule has 0 spiro atoms. The van der Waals surface area contributed by atoms with Crippen molar-refractivity contribution in [2.24, 2.45) is 0 Å². The van der Waals surface area contributed by atoms with Crippen LogP contribution >= 0.6 is 0 Å². The second kappa shape index (κ2) is 6.10. The molecule has 2 aromatic rings. The van der Waals surface area contributed by atoms with Crippen LogP contribution in [0, 0.1) is 27.2 Å². The SMILES string of the molecule is Cc1cc(NC(=O)c2ccc([N+](=O)[O-])cc2[N+](=O)[O-])ccc1O. The zero-order valence-corrected chi connectivity index (χ0v) is 11.8. The normalized spacial score (nSPS) is 10.1. The number of hydrogen-bond donors (Lipinski definition) is 2. The molecule has 0 saturated heterocycles. The first-order valence-corrected chi connectivity index (χ1v) is 6.33. The Balaban J connectivity index is 2.36. The van der Waals surface area contributed by atoms with Crippen molar-refractivity contribution in [1.82, 2.24) is 0 Å². The molecular weight excluding hydrogens is 306 g/mol. The minimum atomic E-state index is -0.857. The zero-order valence-electron chi connectivity index (χ0n) is 11.8. The van der Waals surface area contributed by atoms with Gasteiger partial charge in [0.25, 0.3) is 17.3 Å². The molecule has 0 aliphatic carbocycles. The molecule has 9 heteroatoms. The summed E-state index contributed by atoms with van der Waals surface area (Å²) < 4.78 is 0. The van der Waals surface area contributed by atoms with Crippen LogP contribution in [0.3, 0.4) is 0 Å². The average Bonchev–Trinajstić information content (AvgIpc) is 2.50. The maximum atomic E-state index is 12.2. The Labute approximate surface area is 129 Å². The fourth-order valence-electron chi connectivity index (χ4n) is 1.91. The number of nitrogens with zero attached hydrogens (tertiary/aromatic N) is 2. The third kappa shape index (κ3) is 3.40. The highest BCUT2D eigenvalue weighted by Gasteiger charge is 2.24. The number of amides is 1. The number of nitro benzene ring substituents is 2. The van der Waals surface area contributed by atoms with E-state index in [-0.39, 0.29) is 11.3 Å². The highest BCUT2D eigenvalue weighted by molar-refractivity contribution is 6.07. The number of nitro groups is 2. The number of non-ortho nitro benzene ring substituents is 1. The van der Waals surface area contributed by atoms with E-state index in [1.807, 2.05) is 0 Å². The van der Waals surface area contributed by atoms with E-state index in [4.69, 9.17) is 0 Å². The van der Waals surface area contributed by atoms with Crippen molar-refractivity contribution in [2.45, 2.75) is 6.92 Å². The number of aryl methyl sites for hydroxylation is 1. The Hall–Kier alpha value is -3.49. The standard InChI is InChI=1S/C14H11N3O6/c1-8-6-9(2-5-13(8)18)15-14(19)11-4-3-10(16(20)21)7-12(11)17(22)23/h2-7,18H,1H3,(H,15,19). The predicted molar refractivity (Wildman–Crippen MR) is 80.5 cm³/mol. The van der Waals surface area contributed by atoms with Crippen LogP contribution < -0.4 is 5.32 Å². The summed E-state index contributed by atoms with van der Waals surface area (Å²) in [6, 6.07) is 7.07. The highest BCUT2D eigenvalue weighted by Crippen LogP contribution is 2.26. The Morgan fingerprint density at radius 2 is 1.78 bits per heavy atom. The summed E-state index contributed by atoms with van der Waals surface area (Å²) in [6.07, 6.45) is 0. The first kappa shape index (κ1) is 15.9. The Bertz CT molecular complexity index is 818. The van der Waals surface area contributed by atoms with E-state index in [9.17, 15) is 30.1 Å². The number of rotatable bonds is 4. The van der Waals surface area contributed by atoms with E-state index >= 15 is 0 Å². The van der Waals surface area contributed by atoms with Gasteiger partial charge in [0.1, 0.15) is 11.3 Å². The molecule has 0 aliphatic heterocycles. The van der Waals surface area contributed by atoms with Crippen LogP contribution in [0.4, 0.5) is 17.1 Å². The number of carbonyl (C=O) groups is 1. The van der Waals surface area contributed by atoms with E-state index in [0.29, 0.717) is 11.3 Å². The lowest BCUT2D eigenvalue weighted by atomic mass is 10.1. The summed E-state index contributed by atoms with van der Waals surface area (Å²) in [7, 11) is 0. The van der Waals surface area contributed by atoms with Crippen LogP contribution in [0.5, 0.6) is 5.75 Å². The van der Waals surface area contributed by atoms with Crippen LogP contribution in [0.2, 0.25) is 0 Å².